The number of ether oxygens (including phenoxy) is 4. The van der Waals surface area contributed by atoms with Crippen LogP contribution >= 0.6 is 0 Å². The van der Waals surface area contributed by atoms with E-state index in [-0.39, 0.29) is 30.3 Å². The van der Waals surface area contributed by atoms with E-state index < -0.39 is 17.4 Å². The lowest BCUT2D eigenvalue weighted by atomic mass is 10.0. The molecule has 0 aliphatic rings. The summed E-state index contributed by atoms with van der Waals surface area (Å²) in [6, 6.07) is 9.54. The minimum Gasteiger partial charge on any atom is -0.493 e. The predicted molar refractivity (Wildman–Crippen MR) is 110 cm³/mol. The van der Waals surface area contributed by atoms with Crippen molar-refractivity contribution in [3.63, 3.8) is 0 Å². The Kier molecular flexibility index (Phi) is 7.80. The highest BCUT2D eigenvalue weighted by Gasteiger charge is 2.17. The van der Waals surface area contributed by atoms with Crippen LogP contribution in [0.5, 0.6) is 17.2 Å². The van der Waals surface area contributed by atoms with Crippen LogP contribution in [0.4, 0.5) is 4.39 Å². The molecular weight excluding hydrogens is 391 g/mol. The zero-order valence-corrected chi connectivity index (χ0v) is 17.9. The Labute approximate surface area is 175 Å². The lowest BCUT2D eigenvalue weighted by Crippen LogP contribution is -2.27. The third-order valence-corrected chi connectivity index (χ3v) is 4.07. The van der Waals surface area contributed by atoms with Gasteiger partial charge in [0.2, 0.25) is 0 Å². The van der Waals surface area contributed by atoms with Crippen molar-refractivity contribution in [3.8, 4) is 17.2 Å². The molecule has 7 heteroatoms. The Hall–Kier alpha value is -3.09. The van der Waals surface area contributed by atoms with Gasteiger partial charge >= 0.3 is 5.97 Å². The lowest BCUT2D eigenvalue weighted by molar-refractivity contribution is -0.157. The molecule has 0 aliphatic carbocycles. The average Bonchev–Trinajstić information content (AvgIpc) is 2.69. The number of ketones is 1. The van der Waals surface area contributed by atoms with Crippen LogP contribution in [0.3, 0.4) is 0 Å². The lowest BCUT2D eigenvalue weighted by Gasteiger charge is -2.19. The molecule has 0 N–H and O–H groups in total. The van der Waals surface area contributed by atoms with Crippen LogP contribution in [-0.2, 0) is 16.0 Å². The molecule has 0 unspecified atom stereocenters. The standard InChI is InChI=1S/C23H27FO6/c1-23(2,3)30-21(26)14-29-17-8-6-7-16(13-17)19(25)10-9-15-11-18(24)22(28-5)20(12-15)27-4/h6-8,11-13H,9-10,14H2,1-5H3. The van der Waals surface area contributed by atoms with Crippen molar-refractivity contribution in [2.45, 2.75) is 39.2 Å². The number of esters is 1. The molecule has 0 bridgehead atoms. The Bertz CT molecular complexity index is 901. The van der Waals surface area contributed by atoms with Crippen molar-refractivity contribution in [1.82, 2.24) is 0 Å². The summed E-state index contributed by atoms with van der Waals surface area (Å²) < 4.78 is 34.8. The van der Waals surface area contributed by atoms with Crippen LogP contribution in [0.1, 0.15) is 43.1 Å². The molecule has 0 aliphatic heterocycles. The number of rotatable bonds is 9. The van der Waals surface area contributed by atoms with Crippen LogP contribution in [0.2, 0.25) is 0 Å². The third kappa shape index (κ3) is 6.76. The molecule has 0 atom stereocenters. The maximum Gasteiger partial charge on any atom is 0.344 e. The summed E-state index contributed by atoms with van der Waals surface area (Å²) in [6.45, 7) is 5.07. The van der Waals surface area contributed by atoms with E-state index in [0.717, 1.165) is 0 Å². The fourth-order valence-corrected chi connectivity index (χ4v) is 2.79. The number of halogens is 1. The normalized spacial score (nSPS) is 11.0. The maximum atomic E-state index is 14.1. The van der Waals surface area contributed by atoms with Crippen LogP contribution in [0.25, 0.3) is 0 Å². The first-order valence-electron chi connectivity index (χ1n) is 9.51. The van der Waals surface area contributed by atoms with Crippen molar-refractivity contribution < 1.29 is 32.9 Å². The number of Topliss-reactive ketones (excluding diaryl/α,β-unsaturated/α-hetero) is 1. The van der Waals surface area contributed by atoms with Crippen molar-refractivity contribution in [2.24, 2.45) is 0 Å². The number of methoxy groups -OCH3 is 2. The first-order valence-corrected chi connectivity index (χ1v) is 9.51. The summed E-state index contributed by atoms with van der Waals surface area (Å²) in [5, 5.41) is 0. The van der Waals surface area contributed by atoms with Crippen molar-refractivity contribution in [1.29, 1.82) is 0 Å². The molecule has 162 valence electrons. The molecule has 2 aromatic rings. The van der Waals surface area contributed by atoms with Gasteiger partial charge in [-0.1, -0.05) is 12.1 Å². The van der Waals surface area contributed by atoms with Crippen LogP contribution in [0.15, 0.2) is 36.4 Å². The molecule has 0 radical (unpaired) electrons. The molecule has 2 rings (SSSR count). The number of carbonyl (C=O) groups is 2. The number of hydrogen-bond donors (Lipinski definition) is 0. The summed E-state index contributed by atoms with van der Waals surface area (Å²) in [4.78, 5) is 24.3. The van der Waals surface area contributed by atoms with E-state index in [1.54, 1.807) is 51.1 Å². The van der Waals surface area contributed by atoms with Gasteiger partial charge in [-0.05, 0) is 57.0 Å². The monoisotopic (exact) mass is 418 g/mol. The molecule has 0 saturated carbocycles. The zero-order chi connectivity index (χ0) is 22.3. The second-order valence-corrected chi connectivity index (χ2v) is 7.64. The van der Waals surface area contributed by atoms with Crippen LogP contribution in [0, 0.1) is 5.82 Å². The van der Waals surface area contributed by atoms with E-state index in [0.29, 0.717) is 23.3 Å². The highest BCUT2D eigenvalue weighted by molar-refractivity contribution is 5.96. The van der Waals surface area contributed by atoms with Gasteiger partial charge in [0.05, 0.1) is 14.2 Å². The Morgan fingerprint density at radius 2 is 1.77 bits per heavy atom. The van der Waals surface area contributed by atoms with Gasteiger partial charge in [-0.3, -0.25) is 4.79 Å². The number of carbonyl (C=O) groups excluding carboxylic acids is 2. The number of benzene rings is 2. The quantitative estimate of drug-likeness (QED) is 0.445. The highest BCUT2D eigenvalue weighted by atomic mass is 19.1. The first kappa shape index (κ1) is 23.2. The smallest absolute Gasteiger partial charge is 0.344 e. The van der Waals surface area contributed by atoms with Gasteiger partial charge in [0.25, 0.3) is 0 Å². The third-order valence-electron chi connectivity index (χ3n) is 4.07. The molecule has 0 saturated heterocycles. The van der Waals surface area contributed by atoms with E-state index in [1.807, 2.05) is 0 Å². The first-order chi connectivity index (χ1) is 14.1. The molecule has 0 spiro atoms. The molecule has 6 nitrogen and oxygen atoms in total. The summed E-state index contributed by atoms with van der Waals surface area (Å²) in [5.41, 5.74) is 0.468. The van der Waals surface area contributed by atoms with Gasteiger partial charge in [-0.25, -0.2) is 9.18 Å². The van der Waals surface area contributed by atoms with Gasteiger partial charge < -0.3 is 18.9 Å². The van der Waals surface area contributed by atoms with Crippen LogP contribution in [-0.4, -0.2) is 38.2 Å². The molecule has 0 heterocycles. The van der Waals surface area contributed by atoms with Crippen molar-refractivity contribution >= 4 is 11.8 Å². The minimum atomic E-state index is -0.595. The Morgan fingerprint density at radius 3 is 2.40 bits per heavy atom. The van der Waals surface area contributed by atoms with Crippen molar-refractivity contribution in [2.75, 3.05) is 20.8 Å². The van der Waals surface area contributed by atoms with Gasteiger partial charge in [-0.2, -0.15) is 0 Å². The summed E-state index contributed by atoms with van der Waals surface area (Å²) in [5.74, 6) is -0.469. The zero-order valence-electron chi connectivity index (χ0n) is 17.9. The van der Waals surface area contributed by atoms with E-state index in [1.165, 1.54) is 20.3 Å². The fraction of sp³-hybridized carbons (Fsp3) is 0.391. The number of hydrogen-bond acceptors (Lipinski definition) is 6. The molecule has 30 heavy (non-hydrogen) atoms. The largest absolute Gasteiger partial charge is 0.493 e. The van der Waals surface area contributed by atoms with Crippen molar-refractivity contribution in [3.05, 3.63) is 53.3 Å². The Balaban J connectivity index is 1.99. The van der Waals surface area contributed by atoms with Gasteiger partial charge in [-0.15, -0.1) is 0 Å². The van der Waals surface area contributed by atoms with E-state index in [9.17, 15) is 14.0 Å². The fourth-order valence-electron chi connectivity index (χ4n) is 2.79. The number of aryl methyl sites for hydroxylation is 1. The van der Waals surface area contributed by atoms with Gasteiger partial charge in [0.1, 0.15) is 11.4 Å². The van der Waals surface area contributed by atoms with E-state index >= 15 is 0 Å². The molecule has 2 aromatic carbocycles. The molecule has 0 aromatic heterocycles. The summed E-state index contributed by atoms with van der Waals surface area (Å²) >= 11 is 0. The predicted octanol–water partition coefficient (Wildman–Crippen LogP) is 4.38. The second-order valence-electron chi connectivity index (χ2n) is 7.64. The van der Waals surface area contributed by atoms with Gasteiger partial charge in [0.15, 0.2) is 29.7 Å². The van der Waals surface area contributed by atoms with Gasteiger partial charge in [0, 0.05) is 12.0 Å². The minimum absolute atomic E-state index is 0.0300. The molecular formula is C23H27FO6. The Morgan fingerprint density at radius 1 is 1.03 bits per heavy atom. The topological polar surface area (TPSA) is 71.1 Å². The van der Waals surface area contributed by atoms with Crippen LogP contribution < -0.4 is 14.2 Å². The summed E-state index contributed by atoms with van der Waals surface area (Å²) in [7, 11) is 2.79. The maximum absolute atomic E-state index is 14.1. The van der Waals surface area contributed by atoms with E-state index in [4.69, 9.17) is 18.9 Å². The SMILES string of the molecule is COc1cc(CCC(=O)c2cccc(OCC(=O)OC(C)(C)C)c2)cc(F)c1OC. The molecule has 0 fully saturated rings. The summed E-state index contributed by atoms with van der Waals surface area (Å²) in [6.07, 6.45) is 0.504. The average molecular weight is 418 g/mol. The van der Waals surface area contributed by atoms with E-state index in [2.05, 4.69) is 0 Å². The second kappa shape index (κ2) is 10.1. The highest BCUT2D eigenvalue weighted by Crippen LogP contribution is 2.31. The molecule has 0 amide bonds.